The second-order valence-electron chi connectivity index (χ2n) is 5.20. The third kappa shape index (κ3) is 13.8. The highest BCUT2D eigenvalue weighted by molar-refractivity contribution is 9.10. The summed E-state index contributed by atoms with van der Waals surface area (Å²) in [6.07, 6.45) is 2.36. The topological polar surface area (TPSA) is 63.8 Å². The van der Waals surface area contributed by atoms with Gasteiger partial charge in [-0.25, -0.2) is 18.7 Å². The molecule has 0 fully saturated rings. The molecular weight excluding hydrogens is 366 g/mol. The minimum absolute atomic E-state index is 0.306. The van der Waals surface area contributed by atoms with Crippen molar-refractivity contribution in [2.45, 2.75) is 39.8 Å². The molecule has 0 atom stereocenters. The SMILES string of the molecule is CC(C)N.CC(C)Nc1ccc(F)cn1.Fc1ccc(Br)nc1. The summed E-state index contributed by atoms with van der Waals surface area (Å²) >= 11 is 3.07. The second kappa shape index (κ2) is 11.9. The van der Waals surface area contributed by atoms with E-state index in [0.717, 1.165) is 6.20 Å². The molecule has 0 saturated heterocycles. The van der Waals surface area contributed by atoms with E-state index >= 15 is 0 Å². The lowest BCUT2D eigenvalue weighted by molar-refractivity contribution is 0.620. The number of hydrogen-bond acceptors (Lipinski definition) is 4. The fraction of sp³-hybridized carbons (Fsp3) is 0.375. The Morgan fingerprint density at radius 1 is 0.957 bits per heavy atom. The van der Waals surface area contributed by atoms with Crippen LogP contribution >= 0.6 is 15.9 Å². The molecule has 0 aliphatic carbocycles. The van der Waals surface area contributed by atoms with Crippen molar-refractivity contribution < 1.29 is 8.78 Å². The van der Waals surface area contributed by atoms with Crippen LogP contribution in [-0.2, 0) is 0 Å². The Morgan fingerprint density at radius 2 is 1.43 bits per heavy atom. The monoisotopic (exact) mass is 388 g/mol. The summed E-state index contributed by atoms with van der Waals surface area (Å²) in [5.74, 6) is 0.0916. The van der Waals surface area contributed by atoms with E-state index in [1.807, 2.05) is 27.7 Å². The van der Waals surface area contributed by atoms with Gasteiger partial charge in [-0.3, -0.25) is 0 Å². The normalized spacial score (nSPS) is 9.65. The van der Waals surface area contributed by atoms with E-state index in [4.69, 9.17) is 5.73 Å². The zero-order valence-electron chi connectivity index (χ0n) is 13.7. The fourth-order valence-electron chi connectivity index (χ4n) is 1.11. The van der Waals surface area contributed by atoms with Crippen molar-refractivity contribution in [3.63, 3.8) is 0 Å². The first-order chi connectivity index (χ1) is 10.7. The molecule has 0 aliphatic rings. The van der Waals surface area contributed by atoms with Crippen LogP contribution in [0, 0.1) is 11.6 Å². The van der Waals surface area contributed by atoms with Crippen LogP contribution in [0.3, 0.4) is 0 Å². The van der Waals surface area contributed by atoms with E-state index in [1.54, 1.807) is 12.1 Å². The van der Waals surface area contributed by atoms with Gasteiger partial charge in [-0.2, -0.15) is 0 Å². The summed E-state index contributed by atoms with van der Waals surface area (Å²) in [4.78, 5) is 7.45. The smallest absolute Gasteiger partial charge is 0.141 e. The van der Waals surface area contributed by atoms with Crippen LogP contribution < -0.4 is 11.1 Å². The van der Waals surface area contributed by atoms with Crippen molar-refractivity contribution in [1.29, 1.82) is 0 Å². The molecule has 2 rings (SSSR count). The summed E-state index contributed by atoms with van der Waals surface area (Å²) in [6, 6.07) is 6.56. The van der Waals surface area contributed by atoms with Gasteiger partial charge in [0.1, 0.15) is 22.1 Å². The zero-order chi connectivity index (χ0) is 17.8. The Morgan fingerprint density at radius 3 is 1.74 bits per heavy atom. The number of hydrogen-bond donors (Lipinski definition) is 2. The van der Waals surface area contributed by atoms with E-state index in [-0.39, 0.29) is 11.6 Å². The molecule has 0 aromatic carbocycles. The number of aromatic nitrogens is 2. The molecule has 0 amide bonds. The van der Waals surface area contributed by atoms with Gasteiger partial charge in [-0.1, -0.05) is 13.8 Å². The lowest BCUT2D eigenvalue weighted by atomic mass is 10.4. The highest BCUT2D eigenvalue weighted by atomic mass is 79.9. The van der Waals surface area contributed by atoms with Crippen molar-refractivity contribution in [1.82, 2.24) is 9.97 Å². The third-order valence-electron chi connectivity index (χ3n) is 1.86. The van der Waals surface area contributed by atoms with Gasteiger partial charge >= 0.3 is 0 Å². The molecule has 23 heavy (non-hydrogen) atoms. The van der Waals surface area contributed by atoms with E-state index < -0.39 is 0 Å². The molecule has 3 N–H and O–H groups in total. The van der Waals surface area contributed by atoms with Gasteiger partial charge in [0.25, 0.3) is 0 Å². The summed E-state index contributed by atoms with van der Waals surface area (Å²) in [7, 11) is 0. The Hall–Kier alpha value is -1.60. The van der Waals surface area contributed by atoms with E-state index in [1.165, 1.54) is 18.3 Å². The molecule has 2 aromatic rings. The molecule has 2 heterocycles. The van der Waals surface area contributed by atoms with Gasteiger partial charge in [0.05, 0.1) is 12.4 Å². The molecule has 0 radical (unpaired) electrons. The predicted molar refractivity (Wildman–Crippen MR) is 94.2 cm³/mol. The molecule has 128 valence electrons. The minimum Gasteiger partial charge on any atom is -0.368 e. The van der Waals surface area contributed by atoms with Crippen molar-refractivity contribution in [3.8, 4) is 0 Å². The molecule has 0 saturated carbocycles. The largest absolute Gasteiger partial charge is 0.368 e. The number of nitrogens with one attached hydrogen (secondary N) is 1. The Bertz CT molecular complexity index is 507. The molecule has 0 spiro atoms. The van der Waals surface area contributed by atoms with Crippen LogP contribution in [0.25, 0.3) is 0 Å². The van der Waals surface area contributed by atoms with Gasteiger partial charge in [0.15, 0.2) is 0 Å². The quantitative estimate of drug-likeness (QED) is 0.749. The number of nitrogens with two attached hydrogens (primary N) is 1. The molecule has 0 aliphatic heterocycles. The van der Waals surface area contributed by atoms with Crippen LogP contribution in [0.15, 0.2) is 41.3 Å². The minimum atomic E-state index is -0.312. The van der Waals surface area contributed by atoms with Crippen LogP contribution in [0.2, 0.25) is 0 Å². The maximum Gasteiger partial charge on any atom is 0.141 e. The lowest BCUT2D eigenvalue weighted by Gasteiger charge is -2.07. The van der Waals surface area contributed by atoms with Crippen LogP contribution in [0.4, 0.5) is 14.6 Å². The average molecular weight is 389 g/mol. The van der Waals surface area contributed by atoms with Gasteiger partial charge in [-0.15, -0.1) is 0 Å². The van der Waals surface area contributed by atoms with Gasteiger partial charge in [0, 0.05) is 6.04 Å². The van der Waals surface area contributed by atoms with E-state index in [2.05, 4.69) is 31.2 Å². The average Bonchev–Trinajstić information content (AvgIpc) is 2.44. The van der Waals surface area contributed by atoms with Crippen molar-refractivity contribution in [3.05, 3.63) is 52.9 Å². The highest BCUT2D eigenvalue weighted by Gasteiger charge is 1.95. The lowest BCUT2D eigenvalue weighted by Crippen LogP contribution is -2.10. The van der Waals surface area contributed by atoms with Crippen molar-refractivity contribution >= 4 is 21.7 Å². The highest BCUT2D eigenvalue weighted by Crippen LogP contribution is 2.04. The maximum atomic E-state index is 12.3. The first-order valence-electron chi connectivity index (χ1n) is 7.11. The summed E-state index contributed by atoms with van der Waals surface area (Å²) in [5, 5.41) is 3.05. The second-order valence-corrected chi connectivity index (χ2v) is 6.02. The van der Waals surface area contributed by atoms with Crippen LogP contribution in [0.1, 0.15) is 27.7 Å². The van der Waals surface area contributed by atoms with Crippen molar-refractivity contribution in [2.24, 2.45) is 5.73 Å². The van der Waals surface area contributed by atoms with Crippen LogP contribution in [0.5, 0.6) is 0 Å². The Kier molecular flexibility index (Phi) is 11.1. The summed E-state index contributed by atoms with van der Waals surface area (Å²) in [6.45, 7) is 7.90. The molecular formula is C16H23BrF2N4. The molecule has 7 heteroatoms. The third-order valence-corrected chi connectivity index (χ3v) is 2.32. The Balaban J connectivity index is 0.000000354. The van der Waals surface area contributed by atoms with Gasteiger partial charge in [0.2, 0.25) is 0 Å². The fourth-order valence-corrected chi connectivity index (χ4v) is 1.35. The first kappa shape index (κ1) is 21.4. The standard InChI is InChI=1S/C8H11FN2.C5H3BrFN.C3H9N/c1-6(2)11-8-4-3-7(9)5-10-8;6-5-2-1-4(7)3-8-5;1-3(2)4/h3-6H,1-2H3,(H,10,11);1-3H;3H,4H2,1-2H3. The first-order valence-corrected chi connectivity index (χ1v) is 7.90. The summed E-state index contributed by atoms with van der Waals surface area (Å²) in [5.41, 5.74) is 5.11. The van der Waals surface area contributed by atoms with E-state index in [9.17, 15) is 8.78 Å². The summed E-state index contributed by atoms with van der Waals surface area (Å²) < 4.78 is 25.0. The number of halogens is 3. The Labute approximate surface area is 144 Å². The number of nitrogens with zero attached hydrogens (tertiary/aromatic N) is 2. The maximum absolute atomic E-state index is 12.3. The predicted octanol–water partition coefficient (Wildman–Crippen LogP) is 4.38. The molecule has 4 nitrogen and oxygen atoms in total. The van der Waals surface area contributed by atoms with Crippen molar-refractivity contribution in [2.75, 3.05) is 5.32 Å². The number of pyridine rings is 2. The van der Waals surface area contributed by atoms with Gasteiger partial charge in [-0.05, 0) is 60.1 Å². The number of rotatable bonds is 2. The van der Waals surface area contributed by atoms with Gasteiger partial charge < -0.3 is 11.1 Å². The number of anilines is 1. The van der Waals surface area contributed by atoms with Crippen LogP contribution in [-0.4, -0.2) is 22.1 Å². The molecule has 0 unspecified atom stereocenters. The zero-order valence-corrected chi connectivity index (χ0v) is 15.3. The molecule has 0 bridgehead atoms. The van der Waals surface area contributed by atoms with E-state index in [0.29, 0.717) is 22.5 Å². The molecule has 2 aromatic heterocycles.